The molecule has 0 aliphatic carbocycles. The van der Waals surface area contributed by atoms with E-state index in [0.29, 0.717) is 26.2 Å². The molecule has 2 heterocycles. The van der Waals surface area contributed by atoms with Gasteiger partial charge >= 0.3 is 0 Å². The minimum atomic E-state index is -0.347. The third kappa shape index (κ3) is 3.15. The van der Waals surface area contributed by atoms with Gasteiger partial charge in [0.15, 0.2) is 0 Å². The molecule has 0 aromatic carbocycles. The maximum atomic E-state index is 12.2. The lowest BCUT2D eigenvalue weighted by Gasteiger charge is -2.37. The van der Waals surface area contributed by atoms with Crippen molar-refractivity contribution in [3.63, 3.8) is 0 Å². The van der Waals surface area contributed by atoms with Crippen LogP contribution in [0.4, 0.5) is 0 Å². The van der Waals surface area contributed by atoms with E-state index in [1.165, 1.54) is 11.3 Å². The maximum Gasteiger partial charge on any atom is 0.264 e. The summed E-state index contributed by atoms with van der Waals surface area (Å²) in [7, 11) is 0. The Labute approximate surface area is 118 Å². The fraction of sp³-hybridized carbons (Fsp3) is 0.571. The molecule has 19 heavy (non-hydrogen) atoms. The van der Waals surface area contributed by atoms with Crippen LogP contribution in [-0.4, -0.2) is 47.8 Å². The molecular formula is C14H20N2O2S. The molecule has 1 fully saturated rings. The Morgan fingerprint density at radius 2 is 1.68 bits per heavy atom. The zero-order valence-electron chi connectivity index (χ0n) is 11.7. The van der Waals surface area contributed by atoms with E-state index in [2.05, 4.69) is 0 Å². The summed E-state index contributed by atoms with van der Waals surface area (Å²) >= 11 is 1.46. The van der Waals surface area contributed by atoms with Crippen LogP contribution in [0.3, 0.4) is 0 Å². The van der Waals surface area contributed by atoms with E-state index < -0.39 is 0 Å². The first-order chi connectivity index (χ1) is 8.89. The third-order valence-corrected chi connectivity index (χ3v) is 4.09. The Morgan fingerprint density at radius 1 is 1.11 bits per heavy atom. The lowest BCUT2D eigenvalue weighted by atomic mass is 9.94. The second kappa shape index (κ2) is 5.33. The molecule has 0 saturated carbocycles. The van der Waals surface area contributed by atoms with E-state index in [4.69, 9.17) is 0 Å². The van der Waals surface area contributed by atoms with E-state index in [-0.39, 0.29) is 17.2 Å². The van der Waals surface area contributed by atoms with Gasteiger partial charge in [-0.05, 0) is 11.4 Å². The first kappa shape index (κ1) is 14.1. The van der Waals surface area contributed by atoms with Crippen LogP contribution < -0.4 is 0 Å². The molecular weight excluding hydrogens is 260 g/mol. The van der Waals surface area contributed by atoms with Crippen LogP contribution in [0.25, 0.3) is 0 Å². The molecule has 0 N–H and O–H groups in total. The Morgan fingerprint density at radius 3 is 2.16 bits per heavy atom. The average Bonchev–Trinajstić information content (AvgIpc) is 2.90. The van der Waals surface area contributed by atoms with Crippen molar-refractivity contribution in [1.82, 2.24) is 9.80 Å². The van der Waals surface area contributed by atoms with Crippen LogP contribution in [-0.2, 0) is 4.79 Å². The summed E-state index contributed by atoms with van der Waals surface area (Å²) in [6, 6.07) is 3.73. The van der Waals surface area contributed by atoms with Crippen LogP contribution in [0.5, 0.6) is 0 Å². The summed E-state index contributed by atoms with van der Waals surface area (Å²) in [5.74, 6) is 0.244. The van der Waals surface area contributed by atoms with Gasteiger partial charge in [-0.3, -0.25) is 9.59 Å². The van der Waals surface area contributed by atoms with Crippen molar-refractivity contribution in [3.8, 4) is 0 Å². The Hall–Kier alpha value is -1.36. The maximum absolute atomic E-state index is 12.2. The number of amides is 2. The molecule has 0 bridgehead atoms. The van der Waals surface area contributed by atoms with Crippen molar-refractivity contribution in [2.24, 2.45) is 5.41 Å². The monoisotopic (exact) mass is 280 g/mol. The largest absolute Gasteiger partial charge is 0.339 e. The Bertz CT molecular complexity index is 454. The van der Waals surface area contributed by atoms with Gasteiger partial charge in [0.25, 0.3) is 5.91 Å². The highest BCUT2D eigenvalue weighted by molar-refractivity contribution is 7.12. The van der Waals surface area contributed by atoms with Crippen molar-refractivity contribution < 1.29 is 9.59 Å². The number of nitrogens with zero attached hydrogens (tertiary/aromatic N) is 2. The average molecular weight is 280 g/mol. The highest BCUT2D eigenvalue weighted by atomic mass is 32.1. The number of carbonyl (C=O) groups excluding carboxylic acids is 2. The fourth-order valence-corrected chi connectivity index (χ4v) is 2.83. The highest BCUT2D eigenvalue weighted by Crippen LogP contribution is 2.19. The minimum absolute atomic E-state index is 0.0813. The normalized spacial score (nSPS) is 16.6. The lowest BCUT2D eigenvalue weighted by molar-refractivity contribution is -0.140. The smallest absolute Gasteiger partial charge is 0.264 e. The molecule has 104 valence electrons. The van der Waals surface area contributed by atoms with Crippen LogP contribution >= 0.6 is 11.3 Å². The molecule has 2 amide bonds. The van der Waals surface area contributed by atoms with Crippen LogP contribution in [0, 0.1) is 5.41 Å². The minimum Gasteiger partial charge on any atom is -0.339 e. The number of piperazine rings is 1. The summed E-state index contributed by atoms with van der Waals surface area (Å²) in [5.41, 5.74) is -0.347. The number of carbonyl (C=O) groups is 2. The molecule has 0 spiro atoms. The summed E-state index contributed by atoms with van der Waals surface area (Å²) in [6.07, 6.45) is 0. The molecule has 1 aromatic rings. The van der Waals surface area contributed by atoms with Gasteiger partial charge in [-0.2, -0.15) is 0 Å². The van der Waals surface area contributed by atoms with Gasteiger partial charge in [0.05, 0.1) is 4.88 Å². The van der Waals surface area contributed by atoms with Gasteiger partial charge in [-0.25, -0.2) is 0 Å². The van der Waals surface area contributed by atoms with Gasteiger partial charge in [0.2, 0.25) is 5.91 Å². The molecule has 1 aromatic heterocycles. The van der Waals surface area contributed by atoms with E-state index in [9.17, 15) is 9.59 Å². The summed E-state index contributed by atoms with van der Waals surface area (Å²) in [5, 5.41) is 1.91. The van der Waals surface area contributed by atoms with E-state index in [1.807, 2.05) is 48.1 Å². The highest BCUT2D eigenvalue weighted by Gasteiger charge is 2.31. The summed E-state index contributed by atoms with van der Waals surface area (Å²) in [6.45, 7) is 8.30. The quantitative estimate of drug-likeness (QED) is 0.790. The van der Waals surface area contributed by atoms with E-state index >= 15 is 0 Å². The van der Waals surface area contributed by atoms with Gasteiger partial charge in [0, 0.05) is 31.6 Å². The van der Waals surface area contributed by atoms with Gasteiger partial charge in [-0.1, -0.05) is 26.8 Å². The van der Waals surface area contributed by atoms with E-state index in [1.54, 1.807) is 0 Å². The Kier molecular flexibility index (Phi) is 3.94. The van der Waals surface area contributed by atoms with E-state index in [0.717, 1.165) is 4.88 Å². The zero-order valence-corrected chi connectivity index (χ0v) is 12.5. The molecule has 0 atom stereocenters. The third-order valence-electron chi connectivity index (χ3n) is 3.23. The zero-order chi connectivity index (χ0) is 14.0. The van der Waals surface area contributed by atoms with Crippen LogP contribution in [0.15, 0.2) is 17.5 Å². The molecule has 0 unspecified atom stereocenters. The molecule has 1 aliphatic rings. The molecule has 4 nitrogen and oxygen atoms in total. The molecule has 1 aliphatic heterocycles. The number of hydrogen-bond donors (Lipinski definition) is 0. The van der Waals surface area contributed by atoms with Crippen LogP contribution in [0.2, 0.25) is 0 Å². The van der Waals surface area contributed by atoms with Crippen molar-refractivity contribution >= 4 is 23.2 Å². The van der Waals surface area contributed by atoms with Crippen molar-refractivity contribution in [3.05, 3.63) is 22.4 Å². The van der Waals surface area contributed by atoms with Gasteiger partial charge in [0.1, 0.15) is 0 Å². The van der Waals surface area contributed by atoms with Crippen molar-refractivity contribution in [1.29, 1.82) is 0 Å². The fourth-order valence-electron chi connectivity index (χ4n) is 2.14. The predicted molar refractivity (Wildman–Crippen MR) is 76.3 cm³/mol. The number of thiophene rings is 1. The molecule has 5 heteroatoms. The summed E-state index contributed by atoms with van der Waals surface area (Å²) in [4.78, 5) is 28.8. The molecule has 0 radical (unpaired) electrons. The second-order valence-electron chi connectivity index (χ2n) is 5.81. The van der Waals surface area contributed by atoms with Crippen LogP contribution in [0.1, 0.15) is 30.4 Å². The Balaban J connectivity index is 1.93. The first-order valence-corrected chi connectivity index (χ1v) is 7.40. The summed E-state index contributed by atoms with van der Waals surface area (Å²) < 4.78 is 0. The van der Waals surface area contributed by atoms with Crippen molar-refractivity contribution in [2.75, 3.05) is 26.2 Å². The van der Waals surface area contributed by atoms with Gasteiger partial charge in [-0.15, -0.1) is 11.3 Å². The second-order valence-corrected chi connectivity index (χ2v) is 6.76. The number of hydrogen-bond acceptors (Lipinski definition) is 3. The lowest BCUT2D eigenvalue weighted by Crippen LogP contribution is -2.52. The predicted octanol–water partition coefficient (Wildman–Crippen LogP) is 2.08. The standard InChI is InChI=1S/C14H20N2O2S/c1-14(2,3)13(18)16-8-6-15(7-9-16)12(17)11-5-4-10-19-11/h4-5,10H,6-9H2,1-3H3. The molecule has 2 rings (SSSR count). The topological polar surface area (TPSA) is 40.6 Å². The SMILES string of the molecule is CC(C)(C)C(=O)N1CCN(C(=O)c2cccs2)CC1. The molecule has 1 saturated heterocycles. The first-order valence-electron chi connectivity index (χ1n) is 6.52. The van der Waals surface area contributed by atoms with Gasteiger partial charge < -0.3 is 9.80 Å². The van der Waals surface area contributed by atoms with Crippen molar-refractivity contribution in [2.45, 2.75) is 20.8 Å². The number of rotatable bonds is 1.